The standard InChI is InChI=1S/C6H13ClNO4P/c1-4-10-13(9,11-5-2)12-8-6(3)7/h8H,3-5H2,1-2H3. The van der Waals surface area contributed by atoms with Crippen LogP contribution in [0.5, 0.6) is 0 Å². The summed E-state index contributed by atoms with van der Waals surface area (Å²) in [4.78, 5) is 0. The molecule has 1 N–H and O–H groups in total. The van der Waals surface area contributed by atoms with E-state index in [9.17, 15) is 4.57 Å². The maximum absolute atomic E-state index is 11.5. The van der Waals surface area contributed by atoms with Gasteiger partial charge in [0, 0.05) is 0 Å². The maximum atomic E-state index is 11.5. The molecule has 78 valence electrons. The van der Waals surface area contributed by atoms with Gasteiger partial charge >= 0.3 is 7.82 Å². The number of halogens is 1. The van der Waals surface area contributed by atoms with Gasteiger partial charge in [-0.25, -0.2) is 10.0 Å². The number of hydroxylamine groups is 1. The lowest BCUT2D eigenvalue weighted by atomic mass is 10.9. The summed E-state index contributed by atoms with van der Waals surface area (Å²) >= 11 is 5.32. The molecule has 0 aromatic carbocycles. The van der Waals surface area contributed by atoms with Crippen molar-refractivity contribution in [2.24, 2.45) is 0 Å². The lowest BCUT2D eigenvalue weighted by Gasteiger charge is -2.15. The number of phosphoric acid groups is 1. The normalized spacial score (nSPS) is 11.3. The Morgan fingerprint density at radius 3 is 2.23 bits per heavy atom. The van der Waals surface area contributed by atoms with Crippen molar-refractivity contribution in [3.63, 3.8) is 0 Å². The molecule has 0 aromatic rings. The van der Waals surface area contributed by atoms with E-state index in [0.29, 0.717) is 0 Å². The van der Waals surface area contributed by atoms with Gasteiger partial charge in [0.25, 0.3) is 0 Å². The number of hydrogen-bond acceptors (Lipinski definition) is 5. The Bertz CT molecular complexity index is 201. The molecule has 0 aliphatic heterocycles. The largest absolute Gasteiger partial charge is 0.496 e. The molecule has 0 amide bonds. The van der Waals surface area contributed by atoms with Gasteiger partial charge < -0.3 is 0 Å². The van der Waals surface area contributed by atoms with Crippen LogP contribution in [0.25, 0.3) is 0 Å². The molecule has 0 radical (unpaired) electrons. The van der Waals surface area contributed by atoms with Gasteiger partial charge in [-0.15, -0.1) is 0 Å². The summed E-state index contributed by atoms with van der Waals surface area (Å²) in [6, 6.07) is 0. The summed E-state index contributed by atoms with van der Waals surface area (Å²) in [5, 5.41) is -0.000342. The van der Waals surface area contributed by atoms with Gasteiger partial charge in [0.2, 0.25) is 0 Å². The van der Waals surface area contributed by atoms with E-state index < -0.39 is 7.82 Å². The predicted octanol–water partition coefficient (Wildman–Crippen LogP) is 2.40. The van der Waals surface area contributed by atoms with E-state index in [0.717, 1.165) is 0 Å². The van der Waals surface area contributed by atoms with E-state index in [-0.39, 0.29) is 18.4 Å². The number of phosphoric ester groups is 1. The molecule has 0 aliphatic rings. The molecule has 5 nitrogen and oxygen atoms in total. The van der Waals surface area contributed by atoms with Crippen LogP contribution in [0.15, 0.2) is 11.7 Å². The SMILES string of the molecule is C=C(Cl)NOP(=O)(OCC)OCC. The Labute approximate surface area is 82.6 Å². The van der Waals surface area contributed by atoms with Gasteiger partial charge in [0.1, 0.15) is 5.16 Å². The van der Waals surface area contributed by atoms with Gasteiger partial charge in [-0.2, -0.15) is 4.62 Å². The summed E-state index contributed by atoms with van der Waals surface area (Å²) in [7, 11) is -3.53. The van der Waals surface area contributed by atoms with Crippen LogP contribution in [0.1, 0.15) is 13.8 Å². The molecule has 0 bridgehead atoms. The van der Waals surface area contributed by atoms with Crippen LogP contribution in [0.3, 0.4) is 0 Å². The number of nitrogens with one attached hydrogen (secondary N) is 1. The zero-order chi connectivity index (χ0) is 10.3. The second kappa shape index (κ2) is 6.40. The average molecular weight is 230 g/mol. The molecular weight excluding hydrogens is 216 g/mol. The van der Waals surface area contributed by atoms with E-state index in [1.54, 1.807) is 13.8 Å². The zero-order valence-corrected chi connectivity index (χ0v) is 9.23. The molecule has 0 fully saturated rings. The van der Waals surface area contributed by atoms with E-state index in [4.69, 9.17) is 20.6 Å². The molecule has 0 heterocycles. The second-order valence-electron chi connectivity index (χ2n) is 1.88. The minimum absolute atomic E-state index is 0.000342. The molecule has 0 rings (SSSR count). The minimum atomic E-state index is -3.53. The van der Waals surface area contributed by atoms with Gasteiger partial charge in [-0.3, -0.25) is 9.05 Å². The van der Waals surface area contributed by atoms with Crippen molar-refractivity contribution in [1.29, 1.82) is 0 Å². The number of hydrogen-bond donors (Lipinski definition) is 1. The molecule has 0 saturated heterocycles. The van der Waals surface area contributed by atoms with Crippen molar-refractivity contribution in [3.8, 4) is 0 Å². The zero-order valence-electron chi connectivity index (χ0n) is 7.58. The topological polar surface area (TPSA) is 56.8 Å². The average Bonchev–Trinajstić information content (AvgIpc) is 2.02. The fourth-order valence-electron chi connectivity index (χ4n) is 0.512. The van der Waals surface area contributed by atoms with Crippen LogP contribution in [0.4, 0.5) is 0 Å². The Morgan fingerprint density at radius 2 is 1.92 bits per heavy atom. The highest BCUT2D eigenvalue weighted by Gasteiger charge is 2.25. The lowest BCUT2D eigenvalue weighted by Crippen LogP contribution is -2.11. The first kappa shape index (κ1) is 12.9. The molecule has 0 saturated carbocycles. The second-order valence-corrected chi connectivity index (χ2v) is 3.93. The van der Waals surface area contributed by atoms with E-state index >= 15 is 0 Å². The maximum Gasteiger partial charge on any atom is 0.496 e. The van der Waals surface area contributed by atoms with Crippen molar-refractivity contribution in [1.82, 2.24) is 5.48 Å². The first-order valence-corrected chi connectivity index (χ1v) is 5.56. The van der Waals surface area contributed by atoms with Crippen molar-refractivity contribution >= 4 is 19.4 Å². The van der Waals surface area contributed by atoms with Crippen LogP contribution >= 0.6 is 19.4 Å². The van der Waals surface area contributed by atoms with Gasteiger partial charge in [-0.1, -0.05) is 18.2 Å². The summed E-state index contributed by atoms with van der Waals surface area (Å²) in [5.41, 5.74) is 2.11. The minimum Gasteiger partial charge on any atom is -0.286 e. The summed E-state index contributed by atoms with van der Waals surface area (Å²) < 4.78 is 25.6. The van der Waals surface area contributed by atoms with Crippen LogP contribution in [-0.4, -0.2) is 13.2 Å². The summed E-state index contributed by atoms with van der Waals surface area (Å²) in [6.45, 7) is 7.05. The van der Waals surface area contributed by atoms with Gasteiger partial charge in [0.05, 0.1) is 13.2 Å². The summed E-state index contributed by atoms with van der Waals surface area (Å²) in [6.07, 6.45) is 0. The van der Waals surface area contributed by atoms with E-state index in [2.05, 4.69) is 16.7 Å². The molecular formula is C6H13ClNO4P. The third-order valence-electron chi connectivity index (χ3n) is 0.843. The summed E-state index contributed by atoms with van der Waals surface area (Å²) in [5.74, 6) is 0. The molecule has 0 unspecified atom stereocenters. The Hall–Kier alpha value is -0.0600. The lowest BCUT2D eigenvalue weighted by molar-refractivity contribution is 0.0924. The fourth-order valence-corrected chi connectivity index (χ4v) is 1.64. The molecule has 13 heavy (non-hydrogen) atoms. The highest BCUT2D eigenvalue weighted by atomic mass is 35.5. The van der Waals surface area contributed by atoms with Gasteiger partial charge in [0.15, 0.2) is 0 Å². The van der Waals surface area contributed by atoms with Gasteiger partial charge in [-0.05, 0) is 13.8 Å². The van der Waals surface area contributed by atoms with E-state index in [1.807, 2.05) is 0 Å². The molecule has 0 aromatic heterocycles. The predicted molar refractivity (Wildman–Crippen MR) is 50.1 cm³/mol. The van der Waals surface area contributed by atoms with Crippen molar-refractivity contribution < 1.29 is 18.2 Å². The van der Waals surface area contributed by atoms with Crippen LogP contribution in [0, 0.1) is 0 Å². The number of rotatable bonds is 7. The van der Waals surface area contributed by atoms with E-state index in [1.165, 1.54) is 0 Å². The first-order valence-electron chi connectivity index (χ1n) is 3.72. The Balaban J connectivity index is 4.07. The third kappa shape index (κ3) is 6.07. The first-order chi connectivity index (χ1) is 6.04. The quantitative estimate of drug-likeness (QED) is 0.413. The third-order valence-corrected chi connectivity index (χ3v) is 2.38. The highest BCUT2D eigenvalue weighted by molar-refractivity contribution is 7.48. The molecule has 0 aliphatic carbocycles. The van der Waals surface area contributed by atoms with Crippen LogP contribution < -0.4 is 5.48 Å². The smallest absolute Gasteiger partial charge is 0.286 e. The fraction of sp³-hybridized carbons (Fsp3) is 0.667. The van der Waals surface area contributed by atoms with Crippen molar-refractivity contribution in [2.45, 2.75) is 13.8 Å². The van der Waals surface area contributed by atoms with Crippen molar-refractivity contribution in [3.05, 3.63) is 11.7 Å². The van der Waals surface area contributed by atoms with Crippen molar-refractivity contribution in [2.75, 3.05) is 13.2 Å². The van der Waals surface area contributed by atoms with Crippen LogP contribution in [0.2, 0.25) is 0 Å². The molecule has 0 atom stereocenters. The Kier molecular flexibility index (Phi) is 6.37. The van der Waals surface area contributed by atoms with Crippen LogP contribution in [-0.2, 0) is 18.2 Å². The Morgan fingerprint density at radius 1 is 1.46 bits per heavy atom. The molecule has 0 spiro atoms. The monoisotopic (exact) mass is 229 g/mol. The highest BCUT2D eigenvalue weighted by Crippen LogP contribution is 2.48. The molecule has 7 heteroatoms.